The number of nitrogens with zero attached hydrogens (tertiary/aromatic N) is 2. The second-order valence-electron chi connectivity index (χ2n) is 8.47. The second-order valence-corrected chi connectivity index (χ2v) is 9.47. The fraction of sp³-hybridized carbons (Fsp3) is 0.520. The molecule has 0 aliphatic carbocycles. The first-order chi connectivity index (χ1) is 15.4. The van der Waals surface area contributed by atoms with Crippen molar-refractivity contribution in [3.05, 3.63) is 46.2 Å². The van der Waals surface area contributed by atoms with Crippen LogP contribution in [0.4, 0.5) is 0 Å². The number of para-hydroxylation sites is 2. The molecule has 1 aliphatic heterocycles. The number of hydrogen-bond acceptors (Lipinski definition) is 5. The second kappa shape index (κ2) is 11.4. The molecule has 0 spiro atoms. The van der Waals surface area contributed by atoms with E-state index in [4.69, 9.17) is 9.47 Å². The molecule has 0 bridgehead atoms. The molecule has 6 nitrogen and oxygen atoms in total. The van der Waals surface area contributed by atoms with Crippen molar-refractivity contribution in [1.29, 1.82) is 0 Å². The van der Waals surface area contributed by atoms with E-state index in [0.29, 0.717) is 43.5 Å². The fourth-order valence-corrected chi connectivity index (χ4v) is 4.89. The summed E-state index contributed by atoms with van der Waals surface area (Å²) in [5, 5.41) is 2.07. The van der Waals surface area contributed by atoms with Crippen LogP contribution in [0.3, 0.4) is 0 Å². The summed E-state index contributed by atoms with van der Waals surface area (Å²) in [6.45, 7) is 7.79. The Labute approximate surface area is 195 Å². The summed E-state index contributed by atoms with van der Waals surface area (Å²) in [4.78, 5) is 30.8. The zero-order valence-electron chi connectivity index (χ0n) is 19.5. The quantitative estimate of drug-likeness (QED) is 0.524. The predicted molar refractivity (Wildman–Crippen MR) is 127 cm³/mol. The third kappa shape index (κ3) is 5.82. The highest BCUT2D eigenvalue weighted by atomic mass is 32.1. The van der Waals surface area contributed by atoms with Crippen molar-refractivity contribution < 1.29 is 19.1 Å². The van der Waals surface area contributed by atoms with Crippen LogP contribution >= 0.6 is 11.3 Å². The molecule has 0 unspecified atom stereocenters. The average Bonchev–Trinajstić information content (AvgIpc) is 3.28. The van der Waals surface area contributed by atoms with Gasteiger partial charge in [0.05, 0.1) is 19.7 Å². The summed E-state index contributed by atoms with van der Waals surface area (Å²) in [5.41, 5.74) is 1.14. The molecule has 1 atom stereocenters. The summed E-state index contributed by atoms with van der Waals surface area (Å²) >= 11 is 1.72. The van der Waals surface area contributed by atoms with E-state index in [-0.39, 0.29) is 24.4 Å². The molecule has 0 N–H and O–H groups in total. The van der Waals surface area contributed by atoms with Crippen molar-refractivity contribution >= 4 is 23.2 Å². The van der Waals surface area contributed by atoms with Crippen molar-refractivity contribution in [1.82, 2.24) is 9.80 Å². The number of ether oxygens (including phenoxy) is 2. The highest BCUT2D eigenvalue weighted by Crippen LogP contribution is 2.35. The van der Waals surface area contributed by atoms with Crippen molar-refractivity contribution in [3.63, 3.8) is 0 Å². The molecule has 1 aromatic carbocycles. The topological polar surface area (TPSA) is 59.1 Å². The lowest BCUT2D eigenvalue weighted by molar-refractivity contribution is -0.142. The number of rotatable bonds is 10. The van der Waals surface area contributed by atoms with Gasteiger partial charge in [0.1, 0.15) is 6.61 Å². The summed E-state index contributed by atoms with van der Waals surface area (Å²) in [6, 6.07) is 9.43. The first kappa shape index (κ1) is 24.1. The van der Waals surface area contributed by atoms with Gasteiger partial charge in [-0.1, -0.05) is 32.9 Å². The number of hydrogen-bond donors (Lipinski definition) is 0. The number of amides is 2. The maximum absolute atomic E-state index is 13.4. The maximum atomic E-state index is 13.4. The van der Waals surface area contributed by atoms with Crippen LogP contribution < -0.4 is 9.47 Å². The Morgan fingerprint density at radius 1 is 1.22 bits per heavy atom. The Bertz CT molecular complexity index is 911. The van der Waals surface area contributed by atoms with Crippen LogP contribution in [-0.4, -0.2) is 55.0 Å². The average molecular weight is 459 g/mol. The van der Waals surface area contributed by atoms with E-state index in [9.17, 15) is 9.59 Å². The standard InChI is InChI=1S/C25H34N2O4S/c1-5-24(28)26(13-10-18(2)3)16-25(29)27-14-11-23-19(12-15-32-23)20(27)17-31-22-9-7-6-8-21(22)30-4/h6-9,12,15,18,20H,5,10-11,13-14,16-17H2,1-4H3/t20-/m1/s1. The van der Waals surface area contributed by atoms with Crippen LogP contribution in [0.25, 0.3) is 0 Å². The zero-order chi connectivity index (χ0) is 23.1. The first-order valence-corrected chi connectivity index (χ1v) is 12.2. The third-order valence-electron chi connectivity index (χ3n) is 5.84. The molecule has 32 heavy (non-hydrogen) atoms. The van der Waals surface area contributed by atoms with Crippen LogP contribution in [0, 0.1) is 5.92 Å². The molecule has 3 rings (SSSR count). The van der Waals surface area contributed by atoms with Gasteiger partial charge in [-0.15, -0.1) is 11.3 Å². The van der Waals surface area contributed by atoms with Crippen LogP contribution in [0.2, 0.25) is 0 Å². The molecule has 0 saturated heterocycles. The minimum Gasteiger partial charge on any atom is -0.493 e. The molecular formula is C25H34N2O4S. The van der Waals surface area contributed by atoms with Gasteiger partial charge in [-0.2, -0.15) is 0 Å². The van der Waals surface area contributed by atoms with E-state index in [2.05, 4.69) is 25.3 Å². The van der Waals surface area contributed by atoms with Crippen LogP contribution in [-0.2, 0) is 16.0 Å². The lowest BCUT2D eigenvalue weighted by Crippen LogP contribution is -2.48. The minimum absolute atomic E-state index is 0.0223. The number of thiophene rings is 1. The van der Waals surface area contributed by atoms with E-state index in [1.165, 1.54) is 4.88 Å². The van der Waals surface area contributed by atoms with Crippen LogP contribution in [0.1, 0.15) is 50.1 Å². The molecule has 1 aromatic heterocycles. The van der Waals surface area contributed by atoms with Crippen molar-refractivity contribution in [2.24, 2.45) is 5.92 Å². The lowest BCUT2D eigenvalue weighted by atomic mass is 10.00. The van der Waals surface area contributed by atoms with Gasteiger partial charge in [-0.05, 0) is 47.9 Å². The van der Waals surface area contributed by atoms with E-state index < -0.39 is 0 Å². The Kier molecular flexibility index (Phi) is 8.56. The Morgan fingerprint density at radius 3 is 2.66 bits per heavy atom. The monoisotopic (exact) mass is 458 g/mol. The van der Waals surface area contributed by atoms with Crippen molar-refractivity contribution in [2.75, 3.05) is 33.4 Å². The molecule has 2 aromatic rings. The van der Waals surface area contributed by atoms with E-state index in [1.54, 1.807) is 23.3 Å². The van der Waals surface area contributed by atoms with Gasteiger partial charge in [0.15, 0.2) is 11.5 Å². The molecular weight excluding hydrogens is 424 g/mol. The highest BCUT2D eigenvalue weighted by Gasteiger charge is 2.33. The van der Waals surface area contributed by atoms with Crippen LogP contribution in [0.5, 0.6) is 11.5 Å². The molecule has 7 heteroatoms. The number of carbonyl (C=O) groups is 2. The number of methoxy groups -OCH3 is 1. The van der Waals surface area contributed by atoms with Gasteiger partial charge < -0.3 is 19.3 Å². The predicted octanol–water partition coefficient (Wildman–Crippen LogP) is 4.55. The number of fused-ring (bicyclic) bond motifs is 1. The van der Waals surface area contributed by atoms with Gasteiger partial charge in [0.2, 0.25) is 11.8 Å². The van der Waals surface area contributed by atoms with Gasteiger partial charge in [0, 0.05) is 24.4 Å². The van der Waals surface area contributed by atoms with E-state index in [0.717, 1.165) is 18.4 Å². The van der Waals surface area contributed by atoms with E-state index in [1.807, 2.05) is 36.1 Å². The SMILES string of the molecule is CCC(=O)N(CCC(C)C)CC(=O)N1CCc2sccc2[C@H]1COc1ccccc1OC. The zero-order valence-corrected chi connectivity index (χ0v) is 20.3. The molecule has 1 aliphatic rings. The van der Waals surface area contributed by atoms with Gasteiger partial charge in [-0.3, -0.25) is 9.59 Å². The summed E-state index contributed by atoms with van der Waals surface area (Å²) in [7, 11) is 1.62. The molecule has 0 radical (unpaired) electrons. The van der Waals surface area contributed by atoms with Crippen molar-refractivity contribution in [3.8, 4) is 11.5 Å². The van der Waals surface area contributed by atoms with Gasteiger partial charge in [0.25, 0.3) is 0 Å². The molecule has 2 heterocycles. The Morgan fingerprint density at radius 2 is 1.97 bits per heavy atom. The van der Waals surface area contributed by atoms with Crippen molar-refractivity contribution in [2.45, 2.75) is 46.1 Å². The number of carbonyl (C=O) groups excluding carboxylic acids is 2. The normalized spacial score (nSPS) is 15.4. The Balaban J connectivity index is 1.77. The molecule has 0 fully saturated rings. The minimum atomic E-state index is -0.189. The lowest BCUT2D eigenvalue weighted by Gasteiger charge is -2.37. The third-order valence-corrected chi connectivity index (χ3v) is 6.84. The van der Waals surface area contributed by atoms with Gasteiger partial charge >= 0.3 is 0 Å². The first-order valence-electron chi connectivity index (χ1n) is 11.3. The largest absolute Gasteiger partial charge is 0.493 e. The fourth-order valence-electron chi connectivity index (χ4n) is 3.97. The summed E-state index contributed by atoms with van der Waals surface area (Å²) < 4.78 is 11.5. The highest BCUT2D eigenvalue weighted by molar-refractivity contribution is 7.10. The molecule has 0 saturated carbocycles. The van der Waals surface area contributed by atoms with Crippen LogP contribution in [0.15, 0.2) is 35.7 Å². The smallest absolute Gasteiger partial charge is 0.242 e. The Hall–Kier alpha value is -2.54. The summed E-state index contributed by atoms with van der Waals surface area (Å²) in [5.74, 6) is 1.79. The molecule has 2 amide bonds. The van der Waals surface area contributed by atoms with Gasteiger partial charge in [-0.25, -0.2) is 0 Å². The number of benzene rings is 1. The maximum Gasteiger partial charge on any atom is 0.242 e. The summed E-state index contributed by atoms with van der Waals surface area (Å²) in [6.07, 6.45) is 2.12. The van der Waals surface area contributed by atoms with E-state index >= 15 is 0 Å². The molecule has 174 valence electrons.